The molecule has 1 aromatic heterocycles. The molecule has 0 spiro atoms. The van der Waals surface area contributed by atoms with Crippen molar-refractivity contribution in [3.8, 4) is 5.69 Å². The van der Waals surface area contributed by atoms with Crippen molar-refractivity contribution in [2.75, 3.05) is 13.1 Å². The monoisotopic (exact) mass is 355 g/mol. The number of primary amides is 1. The zero-order valence-electron chi connectivity index (χ0n) is 15.2. The normalized spacial score (nSPS) is 17.2. The zero-order valence-corrected chi connectivity index (χ0v) is 15.2. The maximum Gasteiger partial charge on any atom is 0.314 e. The summed E-state index contributed by atoms with van der Waals surface area (Å²) in [5.74, 6) is -0.247. The fourth-order valence-corrected chi connectivity index (χ4v) is 3.46. The Morgan fingerprint density at radius 3 is 2.69 bits per heavy atom. The summed E-state index contributed by atoms with van der Waals surface area (Å²) in [4.78, 5) is 25.4. The van der Waals surface area contributed by atoms with E-state index < -0.39 is 6.03 Å². The molecule has 1 aliphatic heterocycles. The van der Waals surface area contributed by atoms with Gasteiger partial charge in [-0.3, -0.25) is 4.79 Å². The number of urea groups is 1. The molecule has 0 radical (unpaired) electrons. The van der Waals surface area contributed by atoms with Crippen molar-refractivity contribution in [2.45, 2.75) is 33.2 Å². The van der Waals surface area contributed by atoms with Crippen molar-refractivity contribution in [3.63, 3.8) is 0 Å². The van der Waals surface area contributed by atoms with E-state index >= 15 is 0 Å². The Kier molecular flexibility index (Phi) is 5.25. The van der Waals surface area contributed by atoms with E-state index in [-0.39, 0.29) is 11.8 Å². The molecule has 3 amide bonds. The molecule has 2 aromatic rings. The highest BCUT2D eigenvalue weighted by Gasteiger charge is 2.27. The molecule has 1 saturated heterocycles. The van der Waals surface area contributed by atoms with E-state index in [1.807, 2.05) is 48.9 Å². The van der Waals surface area contributed by atoms with Crippen LogP contribution in [-0.4, -0.2) is 39.7 Å². The highest BCUT2D eigenvalue weighted by Crippen LogP contribution is 2.19. The van der Waals surface area contributed by atoms with Crippen molar-refractivity contribution in [1.29, 1.82) is 0 Å². The Morgan fingerprint density at radius 1 is 1.27 bits per heavy atom. The number of piperidine rings is 1. The second-order valence-electron chi connectivity index (χ2n) is 6.74. The molecule has 0 saturated carbocycles. The molecular weight excluding hydrogens is 330 g/mol. The summed E-state index contributed by atoms with van der Waals surface area (Å²) in [6.45, 7) is 5.40. The van der Waals surface area contributed by atoms with Crippen LogP contribution in [0, 0.1) is 19.8 Å². The number of carbonyl (C=O) groups is 2. The van der Waals surface area contributed by atoms with Gasteiger partial charge in [-0.25, -0.2) is 9.48 Å². The molecule has 26 heavy (non-hydrogen) atoms. The van der Waals surface area contributed by atoms with Crippen LogP contribution in [-0.2, 0) is 11.3 Å². The maximum absolute atomic E-state index is 12.5. The van der Waals surface area contributed by atoms with Crippen LogP contribution in [0.5, 0.6) is 0 Å². The Bertz CT molecular complexity index is 800. The van der Waals surface area contributed by atoms with Gasteiger partial charge in [0.25, 0.3) is 0 Å². The van der Waals surface area contributed by atoms with E-state index in [9.17, 15) is 9.59 Å². The lowest BCUT2D eigenvalue weighted by Gasteiger charge is -2.30. The number of amides is 3. The van der Waals surface area contributed by atoms with Crippen molar-refractivity contribution in [1.82, 2.24) is 20.0 Å². The first kappa shape index (κ1) is 18.0. The van der Waals surface area contributed by atoms with Crippen LogP contribution in [0.25, 0.3) is 5.69 Å². The number of rotatable bonds is 4. The minimum atomic E-state index is -0.460. The molecule has 7 nitrogen and oxygen atoms in total. The van der Waals surface area contributed by atoms with Gasteiger partial charge in [-0.05, 0) is 38.8 Å². The summed E-state index contributed by atoms with van der Waals surface area (Å²) >= 11 is 0. The molecule has 1 atom stereocenters. The average molecular weight is 355 g/mol. The Morgan fingerprint density at radius 2 is 2.00 bits per heavy atom. The second kappa shape index (κ2) is 7.59. The van der Waals surface area contributed by atoms with E-state index in [1.165, 1.54) is 4.90 Å². The SMILES string of the molecule is Cc1nn(-c2ccccc2)c(C)c1CNC(=O)[C@@H]1CCCN(C(N)=O)C1. The molecule has 0 unspecified atom stereocenters. The van der Waals surface area contributed by atoms with Crippen molar-refractivity contribution in [3.05, 3.63) is 47.3 Å². The summed E-state index contributed by atoms with van der Waals surface area (Å²) in [5, 5.41) is 7.61. The van der Waals surface area contributed by atoms with Gasteiger partial charge >= 0.3 is 6.03 Å². The van der Waals surface area contributed by atoms with Crippen molar-refractivity contribution in [2.24, 2.45) is 11.7 Å². The molecular formula is C19H25N5O2. The summed E-state index contributed by atoms with van der Waals surface area (Å²) in [5.41, 5.74) is 9.26. The van der Waals surface area contributed by atoms with Crippen LogP contribution in [0.1, 0.15) is 29.8 Å². The molecule has 0 aliphatic carbocycles. The number of aryl methyl sites for hydroxylation is 1. The summed E-state index contributed by atoms with van der Waals surface area (Å²) < 4.78 is 1.90. The summed E-state index contributed by atoms with van der Waals surface area (Å²) in [6.07, 6.45) is 1.57. The number of nitrogens with one attached hydrogen (secondary N) is 1. The number of carbonyl (C=O) groups excluding carboxylic acids is 2. The van der Waals surface area contributed by atoms with Gasteiger partial charge in [0.1, 0.15) is 0 Å². The third kappa shape index (κ3) is 3.71. The lowest BCUT2D eigenvalue weighted by molar-refractivity contribution is -0.126. The van der Waals surface area contributed by atoms with Gasteiger partial charge in [-0.1, -0.05) is 18.2 Å². The highest BCUT2D eigenvalue weighted by atomic mass is 16.2. The number of benzene rings is 1. The lowest BCUT2D eigenvalue weighted by Crippen LogP contribution is -2.47. The number of nitrogens with zero attached hydrogens (tertiary/aromatic N) is 3. The fraction of sp³-hybridized carbons (Fsp3) is 0.421. The molecule has 2 heterocycles. The van der Waals surface area contributed by atoms with Gasteiger partial charge in [-0.2, -0.15) is 5.10 Å². The lowest BCUT2D eigenvalue weighted by atomic mass is 9.97. The molecule has 1 fully saturated rings. The maximum atomic E-state index is 12.5. The van der Waals surface area contributed by atoms with Crippen LogP contribution < -0.4 is 11.1 Å². The van der Waals surface area contributed by atoms with Crippen LogP contribution in [0.15, 0.2) is 30.3 Å². The predicted octanol–water partition coefficient (Wildman–Crippen LogP) is 1.90. The minimum Gasteiger partial charge on any atom is -0.352 e. The van der Waals surface area contributed by atoms with Crippen LogP contribution in [0.2, 0.25) is 0 Å². The summed E-state index contributed by atoms with van der Waals surface area (Å²) in [6, 6.07) is 9.46. The number of hydrogen-bond donors (Lipinski definition) is 2. The zero-order chi connectivity index (χ0) is 18.7. The quantitative estimate of drug-likeness (QED) is 0.877. The van der Waals surface area contributed by atoms with E-state index in [1.54, 1.807) is 0 Å². The Balaban J connectivity index is 1.67. The number of aromatic nitrogens is 2. The number of para-hydroxylation sites is 1. The molecule has 0 bridgehead atoms. The van der Waals surface area contributed by atoms with Gasteiger partial charge < -0.3 is 16.0 Å². The van der Waals surface area contributed by atoms with Crippen LogP contribution >= 0.6 is 0 Å². The largest absolute Gasteiger partial charge is 0.352 e. The minimum absolute atomic E-state index is 0.0396. The van der Waals surface area contributed by atoms with Crippen molar-refractivity contribution >= 4 is 11.9 Å². The van der Waals surface area contributed by atoms with Crippen molar-refractivity contribution < 1.29 is 9.59 Å². The third-order valence-electron chi connectivity index (χ3n) is 4.99. The van der Waals surface area contributed by atoms with Crippen LogP contribution in [0.4, 0.5) is 4.79 Å². The van der Waals surface area contributed by atoms with Gasteiger partial charge in [0.15, 0.2) is 0 Å². The second-order valence-corrected chi connectivity index (χ2v) is 6.74. The smallest absolute Gasteiger partial charge is 0.314 e. The summed E-state index contributed by atoms with van der Waals surface area (Å²) in [7, 11) is 0. The first-order valence-electron chi connectivity index (χ1n) is 8.90. The third-order valence-corrected chi connectivity index (χ3v) is 4.99. The molecule has 138 valence electrons. The van der Waals surface area contributed by atoms with Gasteiger partial charge in [-0.15, -0.1) is 0 Å². The Hall–Kier alpha value is -2.83. The highest BCUT2D eigenvalue weighted by molar-refractivity contribution is 5.80. The van der Waals surface area contributed by atoms with E-state index in [2.05, 4.69) is 10.4 Å². The van der Waals surface area contributed by atoms with E-state index in [0.29, 0.717) is 19.6 Å². The number of hydrogen-bond acceptors (Lipinski definition) is 3. The molecule has 1 aromatic carbocycles. The van der Waals surface area contributed by atoms with Gasteiger partial charge in [0.05, 0.1) is 17.3 Å². The molecule has 7 heteroatoms. The topological polar surface area (TPSA) is 93.2 Å². The first-order chi connectivity index (χ1) is 12.5. The fourth-order valence-electron chi connectivity index (χ4n) is 3.46. The first-order valence-corrected chi connectivity index (χ1v) is 8.90. The number of nitrogens with two attached hydrogens (primary N) is 1. The van der Waals surface area contributed by atoms with Gasteiger partial charge in [0, 0.05) is 30.9 Å². The van der Waals surface area contributed by atoms with Crippen LogP contribution in [0.3, 0.4) is 0 Å². The molecule has 3 rings (SSSR count). The number of likely N-dealkylation sites (tertiary alicyclic amines) is 1. The molecule has 3 N–H and O–H groups in total. The Labute approximate surface area is 153 Å². The van der Waals surface area contributed by atoms with E-state index in [0.717, 1.165) is 35.5 Å². The standard InChI is InChI=1S/C19H25N5O2/c1-13-17(14(2)24(22-13)16-8-4-3-5-9-16)11-21-18(25)15-7-6-10-23(12-15)19(20)26/h3-5,8-9,15H,6-7,10-12H2,1-2H3,(H2,20,26)(H,21,25)/t15-/m1/s1. The average Bonchev–Trinajstić information content (AvgIpc) is 2.94. The predicted molar refractivity (Wildman–Crippen MR) is 98.8 cm³/mol. The van der Waals surface area contributed by atoms with Gasteiger partial charge in [0.2, 0.25) is 5.91 Å². The molecule has 1 aliphatic rings. The van der Waals surface area contributed by atoms with E-state index in [4.69, 9.17) is 5.73 Å².